The standard InChI is InChI=1S/C16H20FN7O/c1-22(2)15-19-10-13(11-20-15)21-16(25)24-7-5-23(6-8-24)14-4-3-12(17)9-18-14/h3-4,9-11H,5-8H2,1-2H3,(H,21,25). The maximum absolute atomic E-state index is 12.9. The fourth-order valence-corrected chi connectivity index (χ4v) is 2.51. The molecule has 0 radical (unpaired) electrons. The molecule has 0 unspecified atom stereocenters. The number of carbonyl (C=O) groups is 1. The van der Waals surface area contributed by atoms with Crippen molar-refractivity contribution in [2.75, 3.05) is 55.4 Å². The Balaban J connectivity index is 1.53. The molecule has 0 saturated carbocycles. The van der Waals surface area contributed by atoms with E-state index in [0.29, 0.717) is 43.6 Å². The van der Waals surface area contributed by atoms with Crippen LogP contribution in [0.25, 0.3) is 0 Å². The monoisotopic (exact) mass is 345 g/mol. The minimum Gasteiger partial charge on any atom is -0.353 e. The molecule has 1 aliphatic heterocycles. The third kappa shape index (κ3) is 4.11. The van der Waals surface area contributed by atoms with Crippen LogP contribution in [-0.4, -0.2) is 66.2 Å². The van der Waals surface area contributed by atoms with Crippen LogP contribution in [0, 0.1) is 5.82 Å². The molecule has 2 aromatic heterocycles. The zero-order valence-corrected chi connectivity index (χ0v) is 14.2. The van der Waals surface area contributed by atoms with E-state index in [1.807, 2.05) is 19.0 Å². The highest BCUT2D eigenvalue weighted by Gasteiger charge is 2.22. The second kappa shape index (κ2) is 7.29. The van der Waals surface area contributed by atoms with Crippen LogP contribution in [-0.2, 0) is 0 Å². The van der Waals surface area contributed by atoms with Gasteiger partial charge in [-0.1, -0.05) is 0 Å². The number of nitrogens with zero attached hydrogens (tertiary/aromatic N) is 6. The van der Waals surface area contributed by atoms with Crippen molar-refractivity contribution in [2.45, 2.75) is 0 Å². The molecule has 0 bridgehead atoms. The number of amides is 2. The summed E-state index contributed by atoms with van der Waals surface area (Å²) in [5, 5.41) is 2.80. The van der Waals surface area contributed by atoms with Crippen molar-refractivity contribution in [1.82, 2.24) is 19.9 Å². The van der Waals surface area contributed by atoms with Crippen molar-refractivity contribution in [1.29, 1.82) is 0 Å². The minimum atomic E-state index is -0.357. The highest BCUT2D eigenvalue weighted by atomic mass is 19.1. The Morgan fingerprint density at radius 1 is 1.08 bits per heavy atom. The average Bonchev–Trinajstić information content (AvgIpc) is 2.63. The molecule has 0 spiro atoms. The summed E-state index contributed by atoms with van der Waals surface area (Å²) in [6.07, 6.45) is 4.36. The fourth-order valence-electron chi connectivity index (χ4n) is 2.51. The van der Waals surface area contributed by atoms with Crippen molar-refractivity contribution in [2.24, 2.45) is 0 Å². The summed E-state index contributed by atoms with van der Waals surface area (Å²) in [4.78, 5) is 30.3. The first-order valence-corrected chi connectivity index (χ1v) is 7.95. The van der Waals surface area contributed by atoms with Crippen molar-refractivity contribution in [3.05, 3.63) is 36.5 Å². The van der Waals surface area contributed by atoms with Crippen molar-refractivity contribution >= 4 is 23.5 Å². The third-order valence-corrected chi connectivity index (χ3v) is 3.89. The number of anilines is 3. The van der Waals surface area contributed by atoms with E-state index in [1.54, 1.807) is 28.3 Å². The average molecular weight is 345 g/mol. The number of aromatic nitrogens is 3. The predicted octanol–water partition coefficient (Wildman–Crippen LogP) is 1.43. The van der Waals surface area contributed by atoms with Gasteiger partial charge in [-0.15, -0.1) is 0 Å². The van der Waals surface area contributed by atoms with E-state index in [9.17, 15) is 9.18 Å². The molecule has 3 rings (SSSR count). The van der Waals surface area contributed by atoms with Crippen LogP contribution in [0.5, 0.6) is 0 Å². The van der Waals surface area contributed by atoms with Crippen LogP contribution < -0.4 is 15.1 Å². The lowest BCUT2D eigenvalue weighted by Crippen LogP contribution is -2.50. The summed E-state index contributed by atoms with van der Waals surface area (Å²) in [5.74, 6) is 0.941. The van der Waals surface area contributed by atoms with Crippen LogP contribution in [0.15, 0.2) is 30.7 Å². The lowest BCUT2D eigenvalue weighted by molar-refractivity contribution is 0.208. The summed E-state index contributed by atoms with van der Waals surface area (Å²) < 4.78 is 12.9. The largest absolute Gasteiger partial charge is 0.353 e. The van der Waals surface area contributed by atoms with E-state index >= 15 is 0 Å². The van der Waals surface area contributed by atoms with Crippen molar-refractivity contribution in [3.63, 3.8) is 0 Å². The van der Waals surface area contributed by atoms with Crippen molar-refractivity contribution in [3.8, 4) is 0 Å². The lowest BCUT2D eigenvalue weighted by Gasteiger charge is -2.35. The molecular weight excluding hydrogens is 325 g/mol. The maximum Gasteiger partial charge on any atom is 0.322 e. The first-order chi connectivity index (χ1) is 12.0. The smallest absolute Gasteiger partial charge is 0.322 e. The van der Waals surface area contributed by atoms with Gasteiger partial charge in [-0.2, -0.15) is 0 Å². The van der Waals surface area contributed by atoms with Crippen LogP contribution in [0.4, 0.5) is 26.6 Å². The van der Waals surface area contributed by atoms with E-state index in [1.165, 1.54) is 12.3 Å². The first-order valence-electron chi connectivity index (χ1n) is 7.95. The Labute approximate surface area is 145 Å². The van der Waals surface area contributed by atoms with Gasteiger partial charge in [0, 0.05) is 40.3 Å². The van der Waals surface area contributed by atoms with Gasteiger partial charge in [-0.3, -0.25) is 0 Å². The Kier molecular flexibility index (Phi) is 4.92. The summed E-state index contributed by atoms with van der Waals surface area (Å²) >= 11 is 0. The third-order valence-electron chi connectivity index (χ3n) is 3.89. The molecule has 132 valence electrons. The van der Waals surface area contributed by atoms with E-state index in [2.05, 4.69) is 20.3 Å². The molecule has 1 N–H and O–H groups in total. The number of rotatable bonds is 3. The van der Waals surface area contributed by atoms with Gasteiger partial charge in [0.2, 0.25) is 5.95 Å². The van der Waals surface area contributed by atoms with Gasteiger partial charge in [-0.05, 0) is 12.1 Å². The van der Waals surface area contributed by atoms with Gasteiger partial charge in [0.15, 0.2) is 0 Å². The summed E-state index contributed by atoms with van der Waals surface area (Å²) in [6, 6.07) is 2.85. The molecule has 1 aliphatic rings. The fraction of sp³-hybridized carbons (Fsp3) is 0.375. The second-order valence-electron chi connectivity index (χ2n) is 5.91. The molecule has 2 amide bonds. The molecule has 25 heavy (non-hydrogen) atoms. The number of urea groups is 1. The van der Waals surface area contributed by atoms with Gasteiger partial charge in [-0.25, -0.2) is 24.1 Å². The first kappa shape index (κ1) is 16.9. The highest BCUT2D eigenvalue weighted by molar-refractivity contribution is 5.89. The Morgan fingerprint density at radius 3 is 2.32 bits per heavy atom. The van der Waals surface area contributed by atoms with Crippen LogP contribution >= 0.6 is 0 Å². The van der Waals surface area contributed by atoms with Gasteiger partial charge >= 0.3 is 6.03 Å². The van der Waals surface area contributed by atoms with E-state index in [-0.39, 0.29) is 11.8 Å². The van der Waals surface area contributed by atoms with E-state index < -0.39 is 0 Å². The number of pyridine rings is 1. The second-order valence-corrected chi connectivity index (χ2v) is 5.91. The zero-order chi connectivity index (χ0) is 17.8. The van der Waals surface area contributed by atoms with Gasteiger partial charge in [0.05, 0.1) is 24.3 Å². The number of carbonyl (C=O) groups excluding carboxylic acids is 1. The molecular formula is C16H20FN7O. The quantitative estimate of drug-likeness (QED) is 0.907. The van der Waals surface area contributed by atoms with Gasteiger partial charge in [0.25, 0.3) is 0 Å². The van der Waals surface area contributed by atoms with E-state index in [4.69, 9.17) is 0 Å². The highest BCUT2D eigenvalue weighted by Crippen LogP contribution is 2.15. The normalized spacial score (nSPS) is 14.4. The molecule has 2 aromatic rings. The Morgan fingerprint density at radius 2 is 1.76 bits per heavy atom. The topological polar surface area (TPSA) is 77.5 Å². The molecule has 0 aromatic carbocycles. The molecule has 1 fully saturated rings. The zero-order valence-electron chi connectivity index (χ0n) is 14.2. The number of hydrogen-bond acceptors (Lipinski definition) is 6. The van der Waals surface area contributed by atoms with Gasteiger partial charge in [0.1, 0.15) is 11.6 Å². The molecule has 1 saturated heterocycles. The molecule has 0 atom stereocenters. The SMILES string of the molecule is CN(C)c1ncc(NC(=O)N2CCN(c3ccc(F)cn3)CC2)cn1. The Hall–Kier alpha value is -2.97. The molecule has 0 aliphatic carbocycles. The molecule has 8 nitrogen and oxygen atoms in total. The number of nitrogens with one attached hydrogen (secondary N) is 1. The predicted molar refractivity (Wildman–Crippen MR) is 93.4 cm³/mol. The summed E-state index contributed by atoms with van der Waals surface area (Å²) in [7, 11) is 3.70. The number of piperazine rings is 1. The lowest BCUT2D eigenvalue weighted by atomic mass is 10.3. The van der Waals surface area contributed by atoms with Crippen LogP contribution in [0.2, 0.25) is 0 Å². The number of halogens is 1. The molecule has 3 heterocycles. The van der Waals surface area contributed by atoms with Crippen LogP contribution in [0.1, 0.15) is 0 Å². The summed E-state index contributed by atoms with van der Waals surface area (Å²) in [6.45, 7) is 2.40. The Bertz CT molecular complexity index is 712. The number of hydrogen-bond donors (Lipinski definition) is 1. The van der Waals surface area contributed by atoms with E-state index in [0.717, 1.165) is 0 Å². The van der Waals surface area contributed by atoms with Gasteiger partial charge < -0.3 is 20.0 Å². The molecule has 9 heteroatoms. The maximum atomic E-state index is 12.9. The summed E-state index contributed by atoms with van der Waals surface area (Å²) in [5.41, 5.74) is 0.554. The van der Waals surface area contributed by atoms with Crippen LogP contribution in [0.3, 0.4) is 0 Å². The minimum absolute atomic E-state index is 0.187. The van der Waals surface area contributed by atoms with Crippen molar-refractivity contribution < 1.29 is 9.18 Å².